The maximum atomic E-state index is 13.7. The molecule has 166 valence electrons. The molecule has 0 atom stereocenters. The van der Waals surface area contributed by atoms with Crippen LogP contribution in [-0.2, 0) is 12.7 Å². The van der Waals surface area contributed by atoms with Gasteiger partial charge in [-0.1, -0.05) is 47.1 Å². The lowest BCUT2D eigenvalue weighted by Gasteiger charge is -2.11. The van der Waals surface area contributed by atoms with Crippen LogP contribution >= 0.6 is 35.0 Å². The Kier molecular flexibility index (Phi) is 6.36. The topological polar surface area (TPSA) is 75.6 Å². The van der Waals surface area contributed by atoms with Crippen LogP contribution in [0.1, 0.15) is 16.2 Å². The standard InChI is InChI=1S/C20H14Cl2F3N5OS/c21-12-4-2-5-13(22)16(12)28-17(31)11-3-1-6-14-15(11)29-18(20(23,24)25)30(14)9-10-32-19-26-7-8-27-19/h1-8H,9-10H2,(H,26,27)(H,28,31). The monoisotopic (exact) mass is 499 g/mol. The Bertz CT molecular complexity index is 1250. The number of aromatic nitrogens is 4. The van der Waals surface area contributed by atoms with E-state index in [0.717, 1.165) is 4.57 Å². The molecule has 1 amide bonds. The third-order valence-electron chi connectivity index (χ3n) is 4.51. The Morgan fingerprint density at radius 3 is 2.53 bits per heavy atom. The number of rotatable bonds is 6. The minimum Gasteiger partial charge on any atom is -0.340 e. The van der Waals surface area contributed by atoms with E-state index in [1.54, 1.807) is 18.5 Å². The second kappa shape index (κ2) is 9.05. The second-order valence-corrected chi connectivity index (χ2v) is 8.45. The van der Waals surface area contributed by atoms with Gasteiger partial charge in [-0.25, -0.2) is 9.97 Å². The normalized spacial score (nSPS) is 11.8. The molecule has 0 aliphatic rings. The van der Waals surface area contributed by atoms with Gasteiger partial charge < -0.3 is 14.9 Å². The summed E-state index contributed by atoms with van der Waals surface area (Å²) in [6.45, 7) is 0.0120. The molecule has 32 heavy (non-hydrogen) atoms. The first-order valence-electron chi connectivity index (χ1n) is 9.19. The van der Waals surface area contributed by atoms with Crippen molar-refractivity contribution in [3.63, 3.8) is 0 Å². The number of nitrogens with one attached hydrogen (secondary N) is 2. The largest absolute Gasteiger partial charge is 0.449 e. The number of imidazole rings is 2. The zero-order valence-electron chi connectivity index (χ0n) is 16.1. The molecule has 4 rings (SSSR count). The number of aryl methyl sites for hydroxylation is 1. The third-order valence-corrected chi connectivity index (χ3v) is 6.02. The molecule has 6 nitrogen and oxygen atoms in total. The number of alkyl halides is 3. The third kappa shape index (κ3) is 4.57. The Morgan fingerprint density at radius 2 is 1.88 bits per heavy atom. The highest BCUT2D eigenvalue weighted by Gasteiger charge is 2.38. The predicted molar refractivity (Wildman–Crippen MR) is 118 cm³/mol. The van der Waals surface area contributed by atoms with Crippen LogP contribution < -0.4 is 5.32 Å². The number of benzene rings is 2. The van der Waals surface area contributed by atoms with Crippen molar-refractivity contribution in [2.45, 2.75) is 17.9 Å². The van der Waals surface area contributed by atoms with Crippen molar-refractivity contribution < 1.29 is 18.0 Å². The lowest BCUT2D eigenvalue weighted by atomic mass is 10.1. The molecule has 12 heteroatoms. The second-order valence-electron chi connectivity index (χ2n) is 6.55. The molecule has 2 aromatic heterocycles. The van der Waals surface area contributed by atoms with Crippen LogP contribution in [0.5, 0.6) is 0 Å². The van der Waals surface area contributed by atoms with E-state index in [4.69, 9.17) is 23.2 Å². The minimum absolute atomic E-state index is 0.0120. The quantitative estimate of drug-likeness (QED) is 0.313. The summed E-state index contributed by atoms with van der Waals surface area (Å²) in [4.78, 5) is 23.6. The fraction of sp³-hybridized carbons (Fsp3) is 0.150. The highest BCUT2D eigenvalue weighted by molar-refractivity contribution is 7.99. The van der Waals surface area contributed by atoms with E-state index < -0.39 is 17.9 Å². The van der Waals surface area contributed by atoms with Gasteiger partial charge in [0.1, 0.15) is 5.52 Å². The number of carbonyl (C=O) groups excluding carboxylic acids is 1. The Morgan fingerprint density at radius 1 is 1.16 bits per heavy atom. The number of nitrogens with zero attached hydrogens (tertiary/aromatic N) is 3. The number of anilines is 1. The number of fused-ring (bicyclic) bond motifs is 1. The van der Waals surface area contributed by atoms with E-state index in [0.29, 0.717) is 10.9 Å². The number of hydrogen-bond acceptors (Lipinski definition) is 4. The number of halogens is 5. The molecule has 0 spiro atoms. The zero-order chi connectivity index (χ0) is 22.9. The van der Waals surface area contributed by atoms with Gasteiger partial charge in [0.15, 0.2) is 5.16 Å². The van der Waals surface area contributed by atoms with E-state index in [1.807, 2.05) is 0 Å². The number of amides is 1. The number of thioether (sulfide) groups is 1. The van der Waals surface area contributed by atoms with Crippen molar-refractivity contribution in [3.05, 3.63) is 70.2 Å². The summed E-state index contributed by atoms with van der Waals surface area (Å²) in [7, 11) is 0. The summed E-state index contributed by atoms with van der Waals surface area (Å²) in [6, 6.07) is 9.09. The van der Waals surface area contributed by atoms with Gasteiger partial charge in [0, 0.05) is 24.7 Å². The Hall–Kier alpha value is -2.69. The summed E-state index contributed by atoms with van der Waals surface area (Å²) in [5.74, 6) is -1.44. The fourth-order valence-electron chi connectivity index (χ4n) is 3.13. The highest BCUT2D eigenvalue weighted by atomic mass is 35.5. The Labute approximate surface area is 194 Å². The van der Waals surface area contributed by atoms with E-state index in [9.17, 15) is 18.0 Å². The molecular weight excluding hydrogens is 486 g/mol. The average Bonchev–Trinajstić information content (AvgIpc) is 3.38. The van der Waals surface area contributed by atoms with Gasteiger partial charge in [-0.2, -0.15) is 13.2 Å². The van der Waals surface area contributed by atoms with Crippen LogP contribution in [0.2, 0.25) is 10.0 Å². The molecule has 0 bridgehead atoms. The number of hydrogen-bond donors (Lipinski definition) is 2. The van der Waals surface area contributed by atoms with Crippen LogP contribution in [0.3, 0.4) is 0 Å². The molecule has 2 N–H and O–H groups in total. The molecule has 0 aliphatic carbocycles. The molecule has 0 unspecified atom stereocenters. The average molecular weight is 500 g/mol. The van der Waals surface area contributed by atoms with Crippen LogP contribution in [0.4, 0.5) is 18.9 Å². The van der Waals surface area contributed by atoms with Gasteiger partial charge in [-0.15, -0.1) is 0 Å². The molecule has 0 fully saturated rings. The predicted octanol–water partition coefficient (Wildman–Crippen LogP) is 6.13. The number of para-hydroxylation sites is 2. The summed E-state index contributed by atoms with van der Waals surface area (Å²) >= 11 is 13.5. The molecule has 0 saturated carbocycles. The minimum atomic E-state index is -4.70. The first-order chi connectivity index (χ1) is 15.3. The van der Waals surface area contributed by atoms with Crippen molar-refractivity contribution in [2.75, 3.05) is 11.1 Å². The van der Waals surface area contributed by atoms with Crippen LogP contribution in [0.15, 0.2) is 53.9 Å². The van der Waals surface area contributed by atoms with Crippen LogP contribution in [0.25, 0.3) is 11.0 Å². The van der Waals surface area contributed by atoms with Crippen LogP contribution in [-0.4, -0.2) is 31.2 Å². The van der Waals surface area contributed by atoms with E-state index in [2.05, 4.69) is 20.3 Å². The van der Waals surface area contributed by atoms with Gasteiger partial charge in [0.05, 0.1) is 26.8 Å². The first kappa shape index (κ1) is 22.5. The van der Waals surface area contributed by atoms with E-state index in [-0.39, 0.29) is 38.9 Å². The number of carbonyl (C=O) groups is 1. The first-order valence-corrected chi connectivity index (χ1v) is 10.9. The number of H-pyrrole nitrogens is 1. The van der Waals surface area contributed by atoms with Crippen molar-refractivity contribution >= 4 is 57.6 Å². The molecular formula is C20H14Cl2F3N5OS. The highest BCUT2D eigenvalue weighted by Crippen LogP contribution is 2.34. The maximum Gasteiger partial charge on any atom is 0.449 e. The van der Waals surface area contributed by atoms with E-state index >= 15 is 0 Å². The Balaban J connectivity index is 1.70. The van der Waals surface area contributed by atoms with Crippen molar-refractivity contribution in [1.82, 2.24) is 19.5 Å². The molecule has 2 aromatic carbocycles. The van der Waals surface area contributed by atoms with Gasteiger partial charge in [-0.05, 0) is 24.3 Å². The van der Waals surface area contributed by atoms with Gasteiger partial charge in [0.25, 0.3) is 5.91 Å². The number of aromatic amines is 1. The molecule has 0 radical (unpaired) electrons. The van der Waals surface area contributed by atoms with E-state index in [1.165, 1.54) is 42.1 Å². The van der Waals surface area contributed by atoms with Gasteiger partial charge >= 0.3 is 6.18 Å². The van der Waals surface area contributed by atoms with Crippen molar-refractivity contribution in [3.8, 4) is 0 Å². The molecule has 4 aromatic rings. The molecule has 0 aliphatic heterocycles. The van der Waals surface area contributed by atoms with Crippen molar-refractivity contribution in [2.24, 2.45) is 0 Å². The summed E-state index contributed by atoms with van der Waals surface area (Å²) in [6.07, 6.45) is -1.51. The van der Waals surface area contributed by atoms with Crippen LogP contribution in [0, 0.1) is 0 Å². The summed E-state index contributed by atoms with van der Waals surface area (Å²) in [5, 5.41) is 3.57. The summed E-state index contributed by atoms with van der Waals surface area (Å²) in [5.41, 5.74) is 0.267. The smallest absolute Gasteiger partial charge is 0.340 e. The SMILES string of the molecule is O=C(Nc1c(Cl)cccc1Cl)c1cccc2c1nc(C(F)(F)F)n2CCSc1ncc[nH]1. The fourth-order valence-corrected chi connectivity index (χ4v) is 4.38. The summed E-state index contributed by atoms with van der Waals surface area (Å²) < 4.78 is 42.2. The van der Waals surface area contributed by atoms with Gasteiger partial charge in [-0.3, -0.25) is 4.79 Å². The molecule has 2 heterocycles. The maximum absolute atomic E-state index is 13.7. The lowest BCUT2D eigenvalue weighted by Crippen LogP contribution is -2.16. The zero-order valence-corrected chi connectivity index (χ0v) is 18.4. The van der Waals surface area contributed by atoms with Gasteiger partial charge in [0.2, 0.25) is 5.82 Å². The van der Waals surface area contributed by atoms with Crippen molar-refractivity contribution in [1.29, 1.82) is 0 Å². The lowest BCUT2D eigenvalue weighted by molar-refractivity contribution is -0.146. The molecule has 0 saturated heterocycles.